The van der Waals surface area contributed by atoms with Crippen LogP contribution in [0.15, 0.2) is 18.3 Å². The number of hydrogen-bond acceptors (Lipinski definition) is 4. The number of aromatic nitrogens is 1. The lowest BCUT2D eigenvalue weighted by atomic mass is 10.0. The predicted molar refractivity (Wildman–Crippen MR) is 62.8 cm³/mol. The quantitative estimate of drug-likeness (QED) is 0.855. The van der Waals surface area contributed by atoms with E-state index in [1.807, 2.05) is 6.07 Å². The van der Waals surface area contributed by atoms with Crippen LogP contribution in [0.4, 0.5) is 0 Å². The van der Waals surface area contributed by atoms with E-state index in [1.54, 1.807) is 0 Å². The lowest BCUT2D eigenvalue weighted by Crippen LogP contribution is -2.50. The van der Waals surface area contributed by atoms with E-state index in [0.717, 1.165) is 4.90 Å². The molecule has 0 aliphatic carbocycles. The normalized spacial score (nSPS) is 10.6. The summed E-state index contributed by atoms with van der Waals surface area (Å²) in [6.45, 7) is 2.85. The lowest BCUT2D eigenvalue weighted by molar-refractivity contribution is -0.147. The van der Waals surface area contributed by atoms with Crippen molar-refractivity contribution in [2.24, 2.45) is 0 Å². The highest BCUT2D eigenvalue weighted by atomic mass is 16.4. The molecule has 0 unspecified atom stereocenters. The molecule has 0 spiro atoms. The number of carbonyl (C=O) groups is 2. The maximum Gasteiger partial charge on any atom is 0.329 e. The van der Waals surface area contributed by atoms with E-state index in [1.165, 1.54) is 39.2 Å². The Kier molecular flexibility index (Phi) is 3.67. The fraction of sp³-hybridized carbons (Fsp3) is 0.333. The number of amides is 1. The fourth-order valence-electron chi connectivity index (χ4n) is 1.16. The van der Waals surface area contributed by atoms with Gasteiger partial charge >= 0.3 is 5.97 Å². The van der Waals surface area contributed by atoms with Crippen molar-refractivity contribution < 1.29 is 14.7 Å². The van der Waals surface area contributed by atoms with E-state index >= 15 is 0 Å². The van der Waals surface area contributed by atoms with Gasteiger partial charge in [0, 0.05) is 13.2 Å². The largest absolute Gasteiger partial charge is 0.480 e. The van der Waals surface area contributed by atoms with Gasteiger partial charge in [-0.3, -0.25) is 4.79 Å². The van der Waals surface area contributed by atoms with Gasteiger partial charge in [0.2, 0.25) is 0 Å². The first-order valence-corrected chi connectivity index (χ1v) is 5.18. The van der Waals surface area contributed by atoms with Crippen molar-refractivity contribution in [3.8, 4) is 6.07 Å². The van der Waals surface area contributed by atoms with Gasteiger partial charge in [-0.25, -0.2) is 9.78 Å². The molecule has 0 saturated carbocycles. The third-order valence-corrected chi connectivity index (χ3v) is 2.78. The average molecular weight is 247 g/mol. The molecule has 1 rings (SSSR count). The zero-order valence-electron chi connectivity index (χ0n) is 10.3. The van der Waals surface area contributed by atoms with Gasteiger partial charge in [-0.05, 0) is 26.0 Å². The molecule has 6 heteroatoms. The van der Waals surface area contributed by atoms with E-state index in [0.29, 0.717) is 5.56 Å². The first-order valence-electron chi connectivity index (χ1n) is 5.18. The maximum atomic E-state index is 12.0. The highest BCUT2D eigenvalue weighted by Crippen LogP contribution is 2.15. The first-order chi connectivity index (χ1) is 8.30. The van der Waals surface area contributed by atoms with Gasteiger partial charge in [-0.15, -0.1) is 0 Å². The van der Waals surface area contributed by atoms with Crippen molar-refractivity contribution in [1.29, 1.82) is 5.26 Å². The number of rotatable bonds is 3. The standard InChI is InChI=1S/C12H13N3O3/c1-12(2,11(17)18)15(3)10(16)9-5-4-8(6-13)7-14-9/h4-5,7H,1-3H3,(H,17,18). The van der Waals surface area contributed by atoms with E-state index < -0.39 is 17.4 Å². The Morgan fingerprint density at radius 2 is 2.06 bits per heavy atom. The Labute approximate surface area is 104 Å². The molecule has 1 aromatic rings. The fourth-order valence-corrected chi connectivity index (χ4v) is 1.16. The van der Waals surface area contributed by atoms with Crippen LogP contribution in [0.5, 0.6) is 0 Å². The molecule has 94 valence electrons. The summed E-state index contributed by atoms with van der Waals surface area (Å²) in [6, 6.07) is 4.75. The van der Waals surface area contributed by atoms with Crippen LogP contribution in [0, 0.1) is 11.3 Å². The molecule has 0 radical (unpaired) electrons. The summed E-state index contributed by atoms with van der Waals surface area (Å²) in [6.07, 6.45) is 1.27. The SMILES string of the molecule is CN(C(=O)c1ccc(C#N)cn1)C(C)(C)C(=O)O. The third kappa shape index (κ3) is 2.46. The second-order valence-electron chi connectivity index (χ2n) is 4.27. The molecule has 0 aromatic carbocycles. The van der Waals surface area contributed by atoms with Crippen molar-refractivity contribution in [3.63, 3.8) is 0 Å². The van der Waals surface area contributed by atoms with Crippen molar-refractivity contribution in [1.82, 2.24) is 9.88 Å². The second kappa shape index (κ2) is 4.84. The number of aliphatic carboxylic acids is 1. The molecule has 0 aliphatic rings. The summed E-state index contributed by atoms with van der Waals surface area (Å²) in [7, 11) is 1.40. The number of likely N-dealkylation sites (N-methyl/N-ethyl adjacent to an activating group) is 1. The Balaban J connectivity index is 3.00. The number of carbonyl (C=O) groups excluding carboxylic acids is 1. The molecule has 1 N–H and O–H groups in total. The lowest BCUT2D eigenvalue weighted by Gasteiger charge is -2.31. The molecule has 0 fully saturated rings. The summed E-state index contributed by atoms with van der Waals surface area (Å²) in [5.74, 6) is -1.61. The molecule has 0 saturated heterocycles. The number of carboxylic acid groups (broad SMARTS) is 1. The topological polar surface area (TPSA) is 94.3 Å². The van der Waals surface area contributed by atoms with E-state index in [4.69, 9.17) is 10.4 Å². The predicted octanol–water partition coefficient (Wildman–Crippen LogP) is 0.888. The van der Waals surface area contributed by atoms with Gasteiger partial charge in [0.05, 0.1) is 5.56 Å². The monoisotopic (exact) mass is 247 g/mol. The van der Waals surface area contributed by atoms with Crippen molar-refractivity contribution in [2.75, 3.05) is 7.05 Å². The molecule has 18 heavy (non-hydrogen) atoms. The first kappa shape index (κ1) is 13.6. The number of hydrogen-bond donors (Lipinski definition) is 1. The average Bonchev–Trinajstić information content (AvgIpc) is 2.36. The zero-order valence-corrected chi connectivity index (χ0v) is 10.3. The van der Waals surface area contributed by atoms with E-state index in [2.05, 4.69) is 4.98 Å². The van der Waals surface area contributed by atoms with Gasteiger partial charge in [0.25, 0.3) is 5.91 Å². The van der Waals surface area contributed by atoms with Crippen molar-refractivity contribution >= 4 is 11.9 Å². The van der Waals surface area contributed by atoms with Crippen LogP contribution >= 0.6 is 0 Å². The summed E-state index contributed by atoms with van der Waals surface area (Å²) in [5, 5.41) is 17.6. The molecule has 1 amide bonds. The maximum absolute atomic E-state index is 12.0. The van der Waals surface area contributed by atoms with Crippen LogP contribution in [0.2, 0.25) is 0 Å². The molecule has 1 heterocycles. The second-order valence-corrected chi connectivity index (χ2v) is 4.27. The van der Waals surface area contributed by atoms with Crippen LogP contribution in [-0.2, 0) is 4.79 Å². The molecule has 1 aromatic heterocycles. The van der Waals surface area contributed by atoms with Gasteiger partial charge in [0.1, 0.15) is 17.3 Å². The Bertz CT molecular complexity index is 514. The van der Waals surface area contributed by atoms with E-state index in [-0.39, 0.29) is 5.69 Å². The molecule has 0 aliphatic heterocycles. The van der Waals surface area contributed by atoms with Gasteiger partial charge in [-0.1, -0.05) is 0 Å². The van der Waals surface area contributed by atoms with Crippen LogP contribution in [-0.4, -0.2) is 39.5 Å². The summed E-state index contributed by atoms with van der Waals surface area (Å²) < 4.78 is 0. The van der Waals surface area contributed by atoms with Crippen LogP contribution < -0.4 is 0 Å². The summed E-state index contributed by atoms with van der Waals surface area (Å²) >= 11 is 0. The Hall–Kier alpha value is -2.42. The van der Waals surface area contributed by atoms with Crippen molar-refractivity contribution in [3.05, 3.63) is 29.6 Å². The minimum absolute atomic E-state index is 0.103. The summed E-state index contributed by atoms with van der Waals surface area (Å²) in [4.78, 5) is 28.0. The van der Waals surface area contributed by atoms with Crippen LogP contribution in [0.25, 0.3) is 0 Å². The van der Waals surface area contributed by atoms with E-state index in [9.17, 15) is 9.59 Å². The Morgan fingerprint density at radius 3 is 2.44 bits per heavy atom. The van der Waals surface area contributed by atoms with Crippen LogP contribution in [0.3, 0.4) is 0 Å². The van der Waals surface area contributed by atoms with Gasteiger partial charge < -0.3 is 10.0 Å². The minimum Gasteiger partial charge on any atom is -0.480 e. The third-order valence-electron chi connectivity index (χ3n) is 2.78. The number of carboxylic acids is 1. The van der Waals surface area contributed by atoms with Crippen molar-refractivity contribution in [2.45, 2.75) is 19.4 Å². The molecule has 6 nitrogen and oxygen atoms in total. The smallest absolute Gasteiger partial charge is 0.329 e. The van der Waals surface area contributed by atoms with Crippen LogP contribution in [0.1, 0.15) is 29.9 Å². The molecule has 0 atom stereocenters. The number of pyridine rings is 1. The number of nitrogens with zero attached hydrogens (tertiary/aromatic N) is 3. The number of nitriles is 1. The molecular weight excluding hydrogens is 234 g/mol. The molecular formula is C12H13N3O3. The van der Waals surface area contributed by atoms with Gasteiger partial charge in [0.15, 0.2) is 0 Å². The molecule has 0 bridgehead atoms. The zero-order chi connectivity index (χ0) is 13.9. The summed E-state index contributed by atoms with van der Waals surface area (Å²) in [5.41, 5.74) is -0.885. The Morgan fingerprint density at radius 1 is 1.44 bits per heavy atom. The highest BCUT2D eigenvalue weighted by molar-refractivity contribution is 5.96. The van der Waals surface area contributed by atoms with Gasteiger partial charge in [-0.2, -0.15) is 5.26 Å². The highest BCUT2D eigenvalue weighted by Gasteiger charge is 2.35. The minimum atomic E-state index is -1.33.